The molecule has 0 spiro atoms. The Morgan fingerprint density at radius 1 is 0.561 bits per heavy atom. The first kappa shape index (κ1) is 51.5. The highest BCUT2D eigenvalue weighted by molar-refractivity contribution is 5.87. The van der Waals surface area contributed by atoms with E-state index in [0.29, 0.717) is 5.56 Å². The van der Waals surface area contributed by atoms with Crippen LogP contribution in [0, 0.1) is 0 Å². The Morgan fingerprint density at radius 3 is 1.79 bits per heavy atom. The molecule has 0 saturated carbocycles. The number of esters is 1. The number of benzene rings is 2. The molecule has 20 atom stereocenters. The lowest BCUT2D eigenvalue weighted by Gasteiger charge is -2.47. The van der Waals surface area contributed by atoms with Gasteiger partial charge in [-0.3, -0.25) is 0 Å². The first-order valence-corrected chi connectivity index (χ1v) is 20.7. The maximum Gasteiger partial charge on any atom is 0.331 e. The summed E-state index contributed by atoms with van der Waals surface area (Å²) >= 11 is 0. The maximum absolute atomic E-state index is 13.4. The van der Waals surface area contributed by atoms with Crippen molar-refractivity contribution in [2.45, 2.75) is 136 Å². The second kappa shape index (κ2) is 22.5. The molecular weight excluding hydrogens is 892 g/mol. The molecule has 4 fully saturated rings. The Balaban J connectivity index is 1.24. The minimum absolute atomic E-state index is 0.0379. The molecule has 15 N–H and O–H groups in total. The van der Waals surface area contributed by atoms with Crippen LogP contribution in [0.5, 0.6) is 23.0 Å². The van der Waals surface area contributed by atoms with Crippen molar-refractivity contribution in [3.05, 3.63) is 53.6 Å². The van der Waals surface area contributed by atoms with E-state index in [-0.39, 0.29) is 18.6 Å². The summed E-state index contributed by atoms with van der Waals surface area (Å²) in [6.45, 7) is -1.38. The van der Waals surface area contributed by atoms with Crippen molar-refractivity contribution in [1.82, 2.24) is 0 Å². The summed E-state index contributed by atoms with van der Waals surface area (Å²) in [5.41, 5.74) is 0.684. The van der Waals surface area contributed by atoms with E-state index in [1.165, 1.54) is 37.3 Å². The molecule has 4 heterocycles. The molecule has 0 radical (unpaired) electrons. The predicted molar refractivity (Wildman–Crippen MR) is 212 cm³/mol. The van der Waals surface area contributed by atoms with Crippen LogP contribution in [0.1, 0.15) is 18.1 Å². The van der Waals surface area contributed by atoms with Crippen molar-refractivity contribution in [3.8, 4) is 23.0 Å². The van der Waals surface area contributed by atoms with Crippen molar-refractivity contribution in [2.24, 2.45) is 0 Å². The molecular formula is C41H56O25. The van der Waals surface area contributed by atoms with Crippen LogP contribution in [0.4, 0.5) is 0 Å². The van der Waals surface area contributed by atoms with Gasteiger partial charge in [-0.2, -0.15) is 0 Å². The normalized spacial score (nSPS) is 39.8. The van der Waals surface area contributed by atoms with Gasteiger partial charge in [0.25, 0.3) is 0 Å². The number of ether oxygens (including phenoxy) is 9. The molecule has 0 bridgehead atoms. The third-order valence-corrected chi connectivity index (χ3v) is 11.5. The number of rotatable bonds is 16. The van der Waals surface area contributed by atoms with Crippen LogP contribution in [-0.2, 0) is 53.8 Å². The summed E-state index contributed by atoms with van der Waals surface area (Å²) in [6.07, 6.45) is -32.7. The standard InChI is InChI=1S/C41H56O25/c1-15-26(49)29(52)32(55)39(60-15)66-37-36(64-25(48)7-4-16-2-5-18(44)20(46)10-16)28(51)24(63-41(37)58-9-8-17-3-6-19(45)21(47)11-17)14-59-38-34(57)31(54)35(23(13-43)62-38)65-40-33(56)30(53)27(50)22(12-42)61-40/h2-7,10-11,15,22-24,26-47,49-57H,8-9,12-14H2,1H3/b7-4+/t15-,22+,23+,24+,26-,27+,28+,29+,30-,31+,32+,33+,34+,35+,36+,37+,38+,39-,40-,41+/m0/s1. The monoisotopic (exact) mass is 948 g/mol. The predicted octanol–water partition coefficient (Wildman–Crippen LogP) is -5.37. The van der Waals surface area contributed by atoms with E-state index in [9.17, 15) is 81.4 Å². The molecule has 6 rings (SSSR count). The van der Waals surface area contributed by atoms with E-state index in [1.807, 2.05) is 0 Å². The van der Waals surface area contributed by atoms with Crippen LogP contribution in [0.15, 0.2) is 42.5 Å². The summed E-state index contributed by atoms with van der Waals surface area (Å²) < 4.78 is 51.8. The van der Waals surface area contributed by atoms with Gasteiger partial charge in [-0.15, -0.1) is 0 Å². The maximum atomic E-state index is 13.4. The van der Waals surface area contributed by atoms with Gasteiger partial charge < -0.3 is 119 Å². The Bertz CT molecular complexity index is 1920. The summed E-state index contributed by atoms with van der Waals surface area (Å²) in [6, 6.07) is 7.59. The lowest BCUT2D eigenvalue weighted by Crippen LogP contribution is -2.66. The summed E-state index contributed by atoms with van der Waals surface area (Å²) in [7, 11) is 0. The molecule has 370 valence electrons. The van der Waals surface area contributed by atoms with Gasteiger partial charge in [-0.1, -0.05) is 12.1 Å². The van der Waals surface area contributed by atoms with E-state index >= 15 is 0 Å². The number of phenolic OH excluding ortho intramolecular Hbond substituents is 4. The molecule has 4 aliphatic rings. The number of phenols is 4. The number of carbonyl (C=O) groups is 1. The van der Waals surface area contributed by atoms with Crippen molar-refractivity contribution >= 4 is 12.0 Å². The SMILES string of the molecule is C[C@@H]1O[C@@H](O[C@H]2[C@H](OCCc3ccc(O)c(O)c3)O[C@H](CO[C@@H]3O[C@H](CO)[C@@H](O[C@@H]4O[C@H](CO)[C@@H](O)[C@H](O)[C@H]4O)[C@H](O)[C@H]3O)[C@@H](O)[C@H]2OC(=O)/C=C/c2ccc(O)c(O)c2)[C@H](O)[C@H](O)[C@H]1O. The highest BCUT2D eigenvalue weighted by atomic mass is 16.8. The lowest BCUT2D eigenvalue weighted by atomic mass is 9.96. The molecule has 25 heteroatoms. The van der Waals surface area contributed by atoms with Gasteiger partial charge >= 0.3 is 5.97 Å². The first-order chi connectivity index (χ1) is 31.3. The van der Waals surface area contributed by atoms with Crippen LogP contribution in [-0.4, -0.2) is 232 Å². The Morgan fingerprint density at radius 2 is 1.14 bits per heavy atom. The quantitative estimate of drug-likeness (QED) is 0.0424. The van der Waals surface area contributed by atoms with Gasteiger partial charge in [0.15, 0.2) is 60.4 Å². The van der Waals surface area contributed by atoms with Crippen LogP contribution < -0.4 is 0 Å². The molecule has 0 amide bonds. The molecule has 0 aromatic heterocycles. The minimum Gasteiger partial charge on any atom is -0.504 e. The van der Waals surface area contributed by atoms with Gasteiger partial charge in [0, 0.05) is 6.08 Å². The molecule has 4 saturated heterocycles. The summed E-state index contributed by atoms with van der Waals surface area (Å²) in [5, 5.41) is 156. The first-order valence-electron chi connectivity index (χ1n) is 20.7. The van der Waals surface area contributed by atoms with E-state index in [1.54, 1.807) is 0 Å². The third-order valence-electron chi connectivity index (χ3n) is 11.5. The van der Waals surface area contributed by atoms with Crippen molar-refractivity contribution in [1.29, 1.82) is 0 Å². The molecule has 2 aromatic carbocycles. The smallest absolute Gasteiger partial charge is 0.331 e. The zero-order chi connectivity index (χ0) is 48.1. The minimum atomic E-state index is -2.01. The Labute approximate surface area is 374 Å². The summed E-state index contributed by atoms with van der Waals surface area (Å²) in [4.78, 5) is 13.4. The fourth-order valence-electron chi connectivity index (χ4n) is 7.60. The third kappa shape index (κ3) is 11.7. The van der Waals surface area contributed by atoms with E-state index < -0.39 is 172 Å². The molecule has 25 nitrogen and oxygen atoms in total. The number of aliphatic hydroxyl groups excluding tert-OH is 11. The zero-order valence-corrected chi connectivity index (χ0v) is 35.0. The largest absolute Gasteiger partial charge is 0.504 e. The van der Waals surface area contributed by atoms with E-state index in [2.05, 4.69) is 0 Å². The second-order valence-corrected chi connectivity index (χ2v) is 16.1. The molecule has 2 aromatic rings. The fourth-order valence-corrected chi connectivity index (χ4v) is 7.60. The number of aromatic hydroxyl groups is 4. The highest BCUT2D eigenvalue weighted by Crippen LogP contribution is 2.35. The van der Waals surface area contributed by atoms with Crippen LogP contribution in [0.2, 0.25) is 0 Å². The Kier molecular flexibility index (Phi) is 17.5. The number of aliphatic hydroxyl groups is 11. The van der Waals surface area contributed by atoms with Crippen molar-refractivity contribution in [2.75, 3.05) is 26.4 Å². The fraction of sp³-hybridized carbons (Fsp3) is 0.634. The average molecular weight is 949 g/mol. The Hall–Kier alpha value is -3.91. The average Bonchev–Trinajstić information content (AvgIpc) is 3.29. The van der Waals surface area contributed by atoms with E-state index in [0.717, 1.165) is 18.2 Å². The van der Waals surface area contributed by atoms with Gasteiger partial charge in [-0.25, -0.2) is 4.79 Å². The highest BCUT2D eigenvalue weighted by Gasteiger charge is 2.54. The van der Waals surface area contributed by atoms with Gasteiger partial charge in [-0.05, 0) is 54.8 Å². The zero-order valence-electron chi connectivity index (χ0n) is 35.0. The van der Waals surface area contributed by atoms with Crippen LogP contribution in [0.3, 0.4) is 0 Å². The molecule has 4 aliphatic heterocycles. The molecule has 0 aliphatic carbocycles. The van der Waals surface area contributed by atoms with Crippen molar-refractivity contribution < 1.29 is 124 Å². The summed E-state index contributed by atoms with van der Waals surface area (Å²) in [5.74, 6) is -2.90. The van der Waals surface area contributed by atoms with Gasteiger partial charge in [0.05, 0.1) is 32.5 Å². The van der Waals surface area contributed by atoms with Gasteiger partial charge in [0.2, 0.25) is 0 Å². The lowest BCUT2D eigenvalue weighted by molar-refractivity contribution is -0.375. The van der Waals surface area contributed by atoms with Crippen LogP contribution >= 0.6 is 0 Å². The molecule has 0 unspecified atom stereocenters. The molecule has 66 heavy (non-hydrogen) atoms. The number of carbonyl (C=O) groups excluding carboxylic acids is 1. The second-order valence-electron chi connectivity index (χ2n) is 16.1. The van der Waals surface area contributed by atoms with E-state index in [4.69, 9.17) is 42.6 Å². The van der Waals surface area contributed by atoms with Crippen LogP contribution in [0.25, 0.3) is 6.08 Å². The van der Waals surface area contributed by atoms with Crippen molar-refractivity contribution in [3.63, 3.8) is 0 Å². The topological polar surface area (TPSA) is 404 Å². The number of hydrogen-bond donors (Lipinski definition) is 15. The van der Waals surface area contributed by atoms with Gasteiger partial charge in [0.1, 0.15) is 79.4 Å². The number of hydrogen-bond acceptors (Lipinski definition) is 25.